The van der Waals surface area contributed by atoms with Gasteiger partial charge < -0.3 is 4.74 Å². The zero-order valence-electron chi connectivity index (χ0n) is 10.7. The lowest BCUT2D eigenvalue weighted by Crippen LogP contribution is -2.03. The van der Waals surface area contributed by atoms with Crippen LogP contribution >= 0.6 is 11.6 Å². The van der Waals surface area contributed by atoms with Crippen molar-refractivity contribution < 1.29 is 9.53 Å². The minimum absolute atomic E-state index is 0.393. The molecule has 0 atom stereocenters. The Morgan fingerprint density at radius 3 is 2.65 bits per heavy atom. The number of methoxy groups -OCH3 is 1. The summed E-state index contributed by atoms with van der Waals surface area (Å²) in [5.74, 6) is 0.298. The van der Waals surface area contributed by atoms with Gasteiger partial charge in [0.05, 0.1) is 18.2 Å². The molecule has 0 spiro atoms. The second-order valence-corrected chi connectivity index (χ2v) is 4.61. The first-order valence-electron chi connectivity index (χ1n) is 6.02. The summed E-state index contributed by atoms with van der Waals surface area (Å²) in [5, 5.41) is 0.403. The normalized spacial score (nSPS) is 10.7. The first kappa shape index (κ1) is 12.7. The molecule has 3 aromatic rings. The summed E-state index contributed by atoms with van der Waals surface area (Å²) in [4.78, 5) is 16.0. The van der Waals surface area contributed by atoms with Crippen molar-refractivity contribution in [2.45, 2.75) is 0 Å². The second kappa shape index (κ2) is 4.98. The number of carbonyl (C=O) groups excluding carboxylic acids is 1. The van der Waals surface area contributed by atoms with Crippen molar-refractivity contribution in [1.82, 2.24) is 9.38 Å². The number of imidazole rings is 1. The lowest BCUT2D eigenvalue weighted by atomic mass is 10.2. The highest BCUT2D eigenvalue weighted by Crippen LogP contribution is 2.26. The molecule has 0 unspecified atom stereocenters. The van der Waals surface area contributed by atoms with Crippen LogP contribution in [0.5, 0.6) is 0 Å². The predicted molar refractivity (Wildman–Crippen MR) is 77.0 cm³/mol. The van der Waals surface area contributed by atoms with E-state index in [0.717, 1.165) is 11.1 Å². The van der Waals surface area contributed by atoms with Gasteiger partial charge in [-0.05, 0) is 12.1 Å². The van der Waals surface area contributed by atoms with E-state index in [1.165, 1.54) is 7.11 Å². The van der Waals surface area contributed by atoms with Crippen LogP contribution in [0.15, 0.2) is 48.7 Å². The van der Waals surface area contributed by atoms with E-state index in [0.29, 0.717) is 16.5 Å². The largest absolute Gasteiger partial charge is 0.465 e. The van der Waals surface area contributed by atoms with Crippen molar-refractivity contribution in [2.24, 2.45) is 0 Å². The van der Waals surface area contributed by atoms with E-state index in [2.05, 4.69) is 4.98 Å². The molecular weight excluding hydrogens is 276 g/mol. The van der Waals surface area contributed by atoms with Crippen molar-refractivity contribution >= 4 is 23.1 Å². The molecule has 0 N–H and O–H groups in total. The fourth-order valence-electron chi connectivity index (χ4n) is 2.08. The molecule has 0 radical (unpaired) electrons. The van der Waals surface area contributed by atoms with Gasteiger partial charge in [0.25, 0.3) is 0 Å². The maximum atomic E-state index is 11.6. The third kappa shape index (κ3) is 2.04. The van der Waals surface area contributed by atoms with Gasteiger partial charge in [0.2, 0.25) is 0 Å². The van der Waals surface area contributed by atoms with Crippen LogP contribution in [0.4, 0.5) is 0 Å². The van der Waals surface area contributed by atoms with E-state index in [1.807, 2.05) is 30.3 Å². The van der Waals surface area contributed by atoms with Crippen LogP contribution in [0.25, 0.3) is 16.9 Å². The number of benzene rings is 1. The monoisotopic (exact) mass is 286 g/mol. The summed E-state index contributed by atoms with van der Waals surface area (Å²) < 4.78 is 6.53. The van der Waals surface area contributed by atoms with Gasteiger partial charge in [-0.1, -0.05) is 41.9 Å². The van der Waals surface area contributed by atoms with Crippen molar-refractivity contribution in [3.63, 3.8) is 0 Å². The summed E-state index contributed by atoms with van der Waals surface area (Å²) in [5.41, 5.74) is 2.13. The van der Waals surface area contributed by atoms with E-state index in [9.17, 15) is 4.79 Å². The van der Waals surface area contributed by atoms with Gasteiger partial charge in [-0.3, -0.25) is 4.40 Å². The Morgan fingerprint density at radius 1 is 1.20 bits per heavy atom. The number of fused-ring (bicyclic) bond motifs is 1. The maximum Gasteiger partial charge on any atom is 0.339 e. The molecule has 20 heavy (non-hydrogen) atoms. The van der Waals surface area contributed by atoms with Crippen LogP contribution in [0, 0.1) is 0 Å². The number of carbonyl (C=O) groups is 1. The van der Waals surface area contributed by atoms with Gasteiger partial charge in [0.1, 0.15) is 5.82 Å². The summed E-state index contributed by atoms with van der Waals surface area (Å²) in [7, 11) is 1.35. The minimum atomic E-state index is -0.393. The lowest BCUT2D eigenvalue weighted by Gasteiger charge is -2.04. The predicted octanol–water partition coefficient (Wildman–Crippen LogP) is 3.44. The molecule has 0 saturated carbocycles. The number of hydrogen-bond acceptors (Lipinski definition) is 3. The van der Waals surface area contributed by atoms with Crippen LogP contribution < -0.4 is 0 Å². The number of halogens is 1. The van der Waals surface area contributed by atoms with E-state index >= 15 is 0 Å². The van der Waals surface area contributed by atoms with Crippen LogP contribution in [0.2, 0.25) is 5.15 Å². The van der Waals surface area contributed by atoms with E-state index < -0.39 is 5.97 Å². The molecule has 1 aromatic carbocycles. The smallest absolute Gasteiger partial charge is 0.339 e. The zero-order chi connectivity index (χ0) is 14.1. The Kier molecular flexibility index (Phi) is 3.16. The highest BCUT2D eigenvalue weighted by atomic mass is 35.5. The molecule has 0 saturated heterocycles. The second-order valence-electron chi connectivity index (χ2n) is 4.26. The number of rotatable bonds is 2. The molecule has 0 aliphatic heterocycles. The topological polar surface area (TPSA) is 43.6 Å². The molecular formula is C15H11ClN2O2. The highest BCUT2D eigenvalue weighted by Gasteiger charge is 2.14. The standard InChI is InChI=1S/C15H11ClN2O2/c1-20-15(19)11-7-8-12-13(16)17-14(18(12)9-11)10-5-3-2-4-6-10/h2-9H,1H3. The van der Waals surface area contributed by atoms with Crippen molar-refractivity contribution in [3.8, 4) is 11.4 Å². The fourth-order valence-corrected chi connectivity index (χ4v) is 2.31. The van der Waals surface area contributed by atoms with Crippen molar-refractivity contribution in [2.75, 3.05) is 7.11 Å². The number of esters is 1. The van der Waals surface area contributed by atoms with Crippen LogP contribution in [0.1, 0.15) is 10.4 Å². The van der Waals surface area contributed by atoms with Gasteiger partial charge in [0.15, 0.2) is 5.15 Å². The Morgan fingerprint density at radius 2 is 1.95 bits per heavy atom. The summed E-state index contributed by atoms with van der Waals surface area (Å²) in [6.45, 7) is 0. The molecule has 2 aromatic heterocycles. The quantitative estimate of drug-likeness (QED) is 0.678. The first-order valence-corrected chi connectivity index (χ1v) is 6.40. The maximum absolute atomic E-state index is 11.6. The van der Waals surface area contributed by atoms with Gasteiger partial charge in [0, 0.05) is 11.8 Å². The molecule has 2 heterocycles. The van der Waals surface area contributed by atoms with Crippen LogP contribution in [-0.2, 0) is 4.74 Å². The van der Waals surface area contributed by atoms with E-state index in [-0.39, 0.29) is 0 Å². The van der Waals surface area contributed by atoms with Gasteiger partial charge in [-0.2, -0.15) is 0 Å². The number of aromatic nitrogens is 2. The Hall–Kier alpha value is -2.33. The SMILES string of the molecule is COC(=O)c1ccc2c(Cl)nc(-c3ccccc3)n2c1. The Labute approximate surface area is 120 Å². The van der Waals surface area contributed by atoms with Gasteiger partial charge >= 0.3 is 5.97 Å². The lowest BCUT2D eigenvalue weighted by molar-refractivity contribution is 0.0600. The average Bonchev–Trinajstić information content (AvgIpc) is 2.84. The zero-order valence-corrected chi connectivity index (χ0v) is 11.5. The summed E-state index contributed by atoms with van der Waals surface area (Å²) in [6.07, 6.45) is 1.68. The first-order chi connectivity index (χ1) is 9.70. The number of hydrogen-bond donors (Lipinski definition) is 0. The average molecular weight is 287 g/mol. The number of nitrogens with zero attached hydrogens (tertiary/aromatic N) is 2. The number of ether oxygens (including phenoxy) is 1. The fraction of sp³-hybridized carbons (Fsp3) is 0.0667. The molecule has 3 rings (SSSR count). The van der Waals surface area contributed by atoms with Gasteiger partial charge in [-0.25, -0.2) is 9.78 Å². The highest BCUT2D eigenvalue weighted by molar-refractivity contribution is 6.33. The molecule has 0 aliphatic rings. The van der Waals surface area contributed by atoms with Crippen molar-refractivity contribution in [3.05, 3.63) is 59.4 Å². The molecule has 0 aliphatic carbocycles. The Balaban J connectivity index is 2.25. The summed E-state index contributed by atoms with van der Waals surface area (Å²) >= 11 is 6.15. The third-order valence-corrected chi connectivity index (χ3v) is 3.32. The molecule has 0 bridgehead atoms. The molecule has 0 fully saturated rings. The van der Waals surface area contributed by atoms with Crippen LogP contribution in [0.3, 0.4) is 0 Å². The Bertz CT molecular complexity index is 781. The summed E-state index contributed by atoms with van der Waals surface area (Å²) in [6, 6.07) is 13.1. The molecule has 100 valence electrons. The number of pyridine rings is 1. The third-order valence-electron chi connectivity index (χ3n) is 3.05. The minimum Gasteiger partial charge on any atom is -0.465 e. The molecule has 5 heteroatoms. The molecule has 4 nitrogen and oxygen atoms in total. The van der Waals surface area contributed by atoms with Crippen molar-refractivity contribution in [1.29, 1.82) is 0 Å². The molecule has 0 amide bonds. The van der Waals surface area contributed by atoms with E-state index in [4.69, 9.17) is 16.3 Å². The van der Waals surface area contributed by atoms with E-state index in [1.54, 1.807) is 22.7 Å². The van der Waals surface area contributed by atoms with Crippen LogP contribution in [-0.4, -0.2) is 22.5 Å². The van der Waals surface area contributed by atoms with Gasteiger partial charge in [-0.15, -0.1) is 0 Å².